The lowest BCUT2D eigenvalue weighted by Crippen LogP contribution is -2.35. The highest BCUT2D eigenvalue weighted by Gasteiger charge is 2.29. The van der Waals surface area contributed by atoms with E-state index in [0.29, 0.717) is 0 Å². The summed E-state index contributed by atoms with van der Waals surface area (Å²) in [6.45, 7) is 0. The van der Waals surface area contributed by atoms with Crippen molar-refractivity contribution in [2.75, 3.05) is 11.2 Å². The van der Waals surface area contributed by atoms with Crippen molar-refractivity contribution in [2.45, 2.75) is 6.18 Å². The van der Waals surface area contributed by atoms with Crippen LogP contribution in [-0.4, -0.2) is 25.2 Å². The Balaban J connectivity index is 1.88. The maximum Gasteiger partial charge on any atom is 0.416 e. The molecule has 0 saturated heterocycles. The molecule has 0 aliphatic carbocycles. The van der Waals surface area contributed by atoms with E-state index in [9.17, 15) is 21.6 Å². The fraction of sp³-hybridized carbons (Fsp3) is 0.143. The van der Waals surface area contributed by atoms with Gasteiger partial charge in [-0.15, -0.1) is 0 Å². The maximum atomic E-state index is 12.5. The van der Waals surface area contributed by atoms with Crippen LogP contribution in [0, 0.1) is 5.41 Å². The summed E-state index contributed by atoms with van der Waals surface area (Å²) in [6.07, 6.45) is -3.10. The van der Waals surface area contributed by atoms with Gasteiger partial charge in [-0.25, -0.2) is 4.98 Å². The van der Waals surface area contributed by atoms with E-state index in [4.69, 9.17) is 9.59 Å². The molecule has 0 unspecified atom stereocenters. The van der Waals surface area contributed by atoms with Crippen LogP contribution in [0.2, 0.25) is 0 Å². The van der Waals surface area contributed by atoms with Crippen LogP contribution in [0.5, 0.6) is 5.88 Å². The first-order chi connectivity index (χ1) is 11.7. The Hall–Kier alpha value is -2.82. The third-order valence-corrected chi connectivity index (χ3v) is 3.68. The molecule has 0 saturated carbocycles. The average molecular weight is 374 g/mol. The Labute approximate surface area is 141 Å². The molecule has 3 N–H and O–H groups in total. The van der Waals surface area contributed by atoms with E-state index in [-0.39, 0.29) is 11.6 Å². The smallest absolute Gasteiger partial charge is 0.360 e. The average Bonchev–Trinajstić information content (AvgIpc) is 2.53. The zero-order valence-electron chi connectivity index (χ0n) is 12.5. The minimum atomic E-state index is -4.46. The molecular formula is C14H13F3N4O3S. The first-order valence-corrected chi connectivity index (χ1v) is 8.33. The second-order valence-corrected chi connectivity index (χ2v) is 6.28. The molecule has 2 rings (SSSR count). The highest BCUT2D eigenvalue weighted by Crippen LogP contribution is 2.29. The summed E-state index contributed by atoms with van der Waals surface area (Å²) in [5.41, 5.74) is -0.641. The van der Waals surface area contributed by atoms with Crippen LogP contribution < -0.4 is 14.8 Å². The molecule has 0 fully saturated rings. The van der Waals surface area contributed by atoms with Crippen LogP contribution in [0.1, 0.15) is 5.56 Å². The normalized spacial score (nSPS) is 11.6. The van der Waals surface area contributed by atoms with Gasteiger partial charge in [-0.3, -0.25) is 5.41 Å². The summed E-state index contributed by atoms with van der Waals surface area (Å²) in [5, 5.41) is 12.3. The number of alkyl halides is 3. The summed E-state index contributed by atoms with van der Waals surface area (Å²) >= 11 is 0. The van der Waals surface area contributed by atoms with E-state index in [1.807, 2.05) is 0 Å². The molecule has 7 nitrogen and oxygen atoms in total. The maximum absolute atomic E-state index is 12.5. The van der Waals surface area contributed by atoms with Gasteiger partial charge in [-0.1, -0.05) is 6.07 Å². The van der Waals surface area contributed by atoms with Crippen molar-refractivity contribution in [3.8, 4) is 5.88 Å². The van der Waals surface area contributed by atoms with Crippen molar-refractivity contribution in [3.63, 3.8) is 0 Å². The summed E-state index contributed by atoms with van der Waals surface area (Å²) < 4.78 is 65.5. The van der Waals surface area contributed by atoms with Gasteiger partial charge in [0.1, 0.15) is 0 Å². The Morgan fingerprint density at radius 2 is 1.84 bits per heavy atom. The number of guanidine groups is 1. The number of anilines is 1. The third-order valence-electron chi connectivity index (χ3n) is 2.76. The van der Waals surface area contributed by atoms with Crippen molar-refractivity contribution in [1.82, 2.24) is 10.3 Å². The largest absolute Gasteiger partial charge is 0.416 e. The molecule has 0 amide bonds. The van der Waals surface area contributed by atoms with Crippen molar-refractivity contribution in [2.24, 2.45) is 0 Å². The topological polar surface area (TPSA) is 104 Å². The SMILES string of the molecule is N=C(NCS(=O)(=O)Oc1ccccn1)Nc1ccc(C(F)(F)F)cc1. The van der Waals surface area contributed by atoms with E-state index in [0.717, 1.165) is 24.3 Å². The Morgan fingerprint density at radius 3 is 2.40 bits per heavy atom. The first-order valence-electron chi connectivity index (χ1n) is 6.76. The number of benzene rings is 1. The van der Waals surface area contributed by atoms with Crippen LogP contribution in [-0.2, 0) is 16.3 Å². The van der Waals surface area contributed by atoms with Gasteiger partial charge in [0, 0.05) is 18.0 Å². The zero-order valence-corrected chi connectivity index (χ0v) is 13.4. The standard InChI is InChI=1S/C14H13F3N4O3S/c15-14(16,17)10-4-6-11(7-5-10)21-13(18)20-9-25(22,23)24-12-3-1-2-8-19-12/h1-8H,9H2,(H3,18,20,21). The number of pyridine rings is 1. The highest BCUT2D eigenvalue weighted by atomic mass is 32.2. The molecule has 0 aliphatic rings. The Morgan fingerprint density at radius 1 is 1.16 bits per heavy atom. The van der Waals surface area contributed by atoms with Gasteiger partial charge in [0.05, 0.1) is 5.56 Å². The zero-order chi connectivity index (χ0) is 18.5. The van der Waals surface area contributed by atoms with Gasteiger partial charge >= 0.3 is 16.3 Å². The van der Waals surface area contributed by atoms with Crippen molar-refractivity contribution in [3.05, 3.63) is 54.2 Å². The molecule has 134 valence electrons. The highest BCUT2D eigenvalue weighted by molar-refractivity contribution is 7.87. The molecule has 2 aromatic rings. The molecule has 11 heteroatoms. The molecule has 0 bridgehead atoms. The number of hydrogen-bond acceptors (Lipinski definition) is 5. The van der Waals surface area contributed by atoms with Crippen LogP contribution in [0.25, 0.3) is 0 Å². The monoisotopic (exact) mass is 374 g/mol. The molecular weight excluding hydrogens is 361 g/mol. The second-order valence-electron chi connectivity index (χ2n) is 4.71. The molecule has 25 heavy (non-hydrogen) atoms. The number of halogens is 3. The van der Waals surface area contributed by atoms with Crippen LogP contribution in [0.15, 0.2) is 48.7 Å². The van der Waals surface area contributed by atoms with Crippen molar-refractivity contribution < 1.29 is 25.8 Å². The van der Waals surface area contributed by atoms with E-state index >= 15 is 0 Å². The summed E-state index contributed by atoms with van der Waals surface area (Å²) in [5.74, 6) is -1.27. The number of nitrogens with zero attached hydrogens (tertiary/aromatic N) is 1. The van der Waals surface area contributed by atoms with Gasteiger partial charge < -0.3 is 14.8 Å². The minimum Gasteiger partial charge on any atom is -0.360 e. The number of rotatable bonds is 5. The van der Waals surface area contributed by atoms with E-state index in [1.165, 1.54) is 12.3 Å². The number of nitrogens with one attached hydrogen (secondary N) is 3. The van der Waals surface area contributed by atoms with Crippen LogP contribution in [0.3, 0.4) is 0 Å². The molecule has 1 aromatic heterocycles. The van der Waals surface area contributed by atoms with Crippen LogP contribution >= 0.6 is 0 Å². The lowest BCUT2D eigenvalue weighted by Gasteiger charge is -2.12. The molecule has 1 heterocycles. The first kappa shape index (κ1) is 18.5. The molecule has 0 atom stereocenters. The van der Waals surface area contributed by atoms with E-state index in [1.54, 1.807) is 12.1 Å². The predicted octanol–water partition coefficient (Wildman–Crippen LogP) is 2.40. The van der Waals surface area contributed by atoms with Gasteiger partial charge in [-0.05, 0) is 30.3 Å². The van der Waals surface area contributed by atoms with Gasteiger partial charge in [0.25, 0.3) is 0 Å². The third kappa shape index (κ3) is 5.95. The summed E-state index contributed by atoms with van der Waals surface area (Å²) in [6, 6.07) is 8.41. The van der Waals surface area contributed by atoms with Crippen molar-refractivity contribution >= 4 is 21.8 Å². The van der Waals surface area contributed by atoms with Gasteiger partial charge in [0.2, 0.25) is 5.88 Å². The lowest BCUT2D eigenvalue weighted by molar-refractivity contribution is -0.137. The molecule has 0 radical (unpaired) electrons. The molecule has 0 spiro atoms. The van der Waals surface area contributed by atoms with Gasteiger partial charge in [0.15, 0.2) is 11.8 Å². The quantitative estimate of drug-likeness (QED) is 0.422. The van der Waals surface area contributed by atoms with Crippen LogP contribution in [0.4, 0.5) is 18.9 Å². The fourth-order valence-electron chi connectivity index (χ4n) is 1.65. The Bertz CT molecular complexity index is 825. The summed E-state index contributed by atoms with van der Waals surface area (Å²) in [4.78, 5) is 3.70. The minimum absolute atomic E-state index is 0.119. The lowest BCUT2D eigenvalue weighted by atomic mass is 10.2. The predicted molar refractivity (Wildman–Crippen MR) is 84.6 cm³/mol. The molecule has 0 aliphatic heterocycles. The van der Waals surface area contributed by atoms with E-state index < -0.39 is 33.7 Å². The van der Waals surface area contributed by atoms with E-state index in [2.05, 4.69) is 15.6 Å². The van der Waals surface area contributed by atoms with Gasteiger partial charge in [-0.2, -0.15) is 21.6 Å². The fourth-order valence-corrected chi connectivity index (χ4v) is 2.39. The number of hydrogen-bond donors (Lipinski definition) is 3. The van der Waals surface area contributed by atoms with Crippen molar-refractivity contribution in [1.29, 1.82) is 5.41 Å². The Kier molecular flexibility index (Phi) is 5.47. The summed E-state index contributed by atoms with van der Waals surface area (Å²) in [7, 11) is -4.05. The second kappa shape index (κ2) is 7.38. The number of aromatic nitrogens is 1. The molecule has 1 aromatic carbocycles.